The van der Waals surface area contributed by atoms with Crippen LogP contribution in [0.2, 0.25) is 0 Å². The zero-order valence-corrected chi connectivity index (χ0v) is 9.79. The van der Waals surface area contributed by atoms with Gasteiger partial charge in [-0.05, 0) is 18.2 Å². The number of pyridine rings is 1. The molecule has 94 valence electrons. The van der Waals surface area contributed by atoms with Crippen molar-refractivity contribution in [3.05, 3.63) is 48.5 Å². The lowest BCUT2D eigenvalue weighted by atomic mass is 10.2. The van der Waals surface area contributed by atoms with Crippen LogP contribution < -0.4 is 5.32 Å². The predicted octanol–water partition coefficient (Wildman–Crippen LogP) is 1.45. The number of anilines is 1. The van der Waals surface area contributed by atoms with Gasteiger partial charge in [0.1, 0.15) is 5.69 Å². The molecule has 3 N–H and O–H groups in total. The largest absolute Gasteiger partial charge is 0.319 e. The topological polar surface area (TPSA) is 99.4 Å². The summed E-state index contributed by atoms with van der Waals surface area (Å²) in [4.78, 5) is 15.9. The highest BCUT2D eigenvalue weighted by atomic mass is 16.1. The van der Waals surface area contributed by atoms with Crippen molar-refractivity contribution in [3.8, 4) is 11.4 Å². The number of H-pyrrole nitrogens is 2. The summed E-state index contributed by atoms with van der Waals surface area (Å²) in [6.45, 7) is 0. The van der Waals surface area contributed by atoms with E-state index in [2.05, 4.69) is 30.7 Å². The second-order valence-corrected chi connectivity index (χ2v) is 3.82. The molecule has 0 saturated heterocycles. The Balaban J connectivity index is 1.85. The van der Waals surface area contributed by atoms with Crippen molar-refractivity contribution in [2.75, 3.05) is 5.32 Å². The van der Waals surface area contributed by atoms with Gasteiger partial charge in [0.2, 0.25) is 0 Å². The predicted molar refractivity (Wildman–Crippen MR) is 68.4 cm³/mol. The van der Waals surface area contributed by atoms with E-state index in [1.165, 1.54) is 0 Å². The summed E-state index contributed by atoms with van der Waals surface area (Å²) in [5, 5.41) is 16.2. The molecule has 19 heavy (non-hydrogen) atoms. The van der Waals surface area contributed by atoms with Crippen LogP contribution in [-0.4, -0.2) is 31.3 Å². The average Bonchev–Trinajstić information content (AvgIpc) is 3.10. The van der Waals surface area contributed by atoms with Crippen LogP contribution in [0, 0.1) is 0 Å². The smallest absolute Gasteiger partial charge is 0.255 e. The minimum atomic E-state index is -0.218. The minimum Gasteiger partial charge on any atom is -0.319 e. The minimum absolute atomic E-state index is 0.218. The Kier molecular flexibility index (Phi) is 2.77. The maximum Gasteiger partial charge on any atom is 0.255 e. The van der Waals surface area contributed by atoms with Crippen LogP contribution in [0.15, 0.2) is 43.0 Å². The summed E-state index contributed by atoms with van der Waals surface area (Å²) in [7, 11) is 0. The van der Waals surface area contributed by atoms with E-state index in [0.29, 0.717) is 16.9 Å². The average molecular weight is 254 g/mol. The molecular weight excluding hydrogens is 244 g/mol. The molecule has 7 heteroatoms. The molecule has 0 aliphatic carbocycles. The maximum absolute atomic E-state index is 12.0. The van der Waals surface area contributed by atoms with E-state index < -0.39 is 0 Å². The first-order valence-electron chi connectivity index (χ1n) is 5.59. The fourth-order valence-electron chi connectivity index (χ4n) is 1.68. The van der Waals surface area contributed by atoms with Gasteiger partial charge in [-0.15, -0.1) is 0 Å². The van der Waals surface area contributed by atoms with Crippen molar-refractivity contribution in [2.24, 2.45) is 0 Å². The zero-order valence-electron chi connectivity index (χ0n) is 9.79. The van der Waals surface area contributed by atoms with Crippen LogP contribution in [0.4, 0.5) is 5.69 Å². The molecule has 0 saturated carbocycles. The molecule has 0 unspecified atom stereocenters. The summed E-state index contributed by atoms with van der Waals surface area (Å²) in [5.41, 5.74) is 2.56. The number of carbonyl (C=O) groups is 1. The number of nitrogens with zero attached hydrogens (tertiary/aromatic N) is 3. The Hall–Kier alpha value is -2.96. The lowest BCUT2D eigenvalue weighted by Crippen LogP contribution is -2.12. The SMILES string of the molecule is O=C(Nc1cn[nH]c1-c1ccn[nH]1)c1ccncc1. The molecule has 3 heterocycles. The molecular formula is C12H10N6O. The molecule has 0 atom stereocenters. The van der Waals surface area contributed by atoms with Crippen molar-refractivity contribution in [1.29, 1.82) is 0 Å². The van der Waals surface area contributed by atoms with Gasteiger partial charge in [-0.2, -0.15) is 10.2 Å². The highest BCUT2D eigenvalue weighted by Crippen LogP contribution is 2.23. The monoisotopic (exact) mass is 254 g/mol. The third-order valence-electron chi connectivity index (χ3n) is 2.60. The van der Waals surface area contributed by atoms with E-state index in [1.54, 1.807) is 43.0 Å². The number of hydrogen-bond donors (Lipinski definition) is 3. The summed E-state index contributed by atoms with van der Waals surface area (Å²) in [6.07, 6.45) is 6.32. The van der Waals surface area contributed by atoms with Crippen LogP contribution in [0.3, 0.4) is 0 Å². The number of amides is 1. The standard InChI is InChI=1S/C12H10N6O/c19-12(8-1-4-13-5-2-8)16-10-7-15-18-11(10)9-3-6-14-17-9/h1-7H,(H,14,17)(H,15,18)(H,16,19). The second-order valence-electron chi connectivity index (χ2n) is 3.82. The van der Waals surface area contributed by atoms with Crippen molar-refractivity contribution in [2.45, 2.75) is 0 Å². The first-order valence-corrected chi connectivity index (χ1v) is 5.59. The first kappa shape index (κ1) is 11.1. The fourth-order valence-corrected chi connectivity index (χ4v) is 1.68. The summed E-state index contributed by atoms with van der Waals surface area (Å²) in [5.74, 6) is -0.218. The lowest BCUT2D eigenvalue weighted by Gasteiger charge is -2.04. The number of aromatic amines is 2. The molecule has 0 bridgehead atoms. The van der Waals surface area contributed by atoms with Gasteiger partial charge in [-0.1, -0.05) is 0 Å². The molecule has 7 nitrogen and oxygen atoms in total. The number of hydrogen-bond acceptors (Lipinski definition) is 4. The molecule has 3 aromatic heterocycles. The van der Waals surface area contributed by atoms with Crippen LogP contribution >= 0.6 is 0 Å². The van der Waals surface area contributed by atoms with Crippen molar-refractivity contribution in [3.63, 3.8) is 0 Å². The number of rotatable bonds is 3. The van der Waals surface area contributed by atoms with Gasteiger partial charge in [-0.25, -0.2) is 0 Å². The molecule has 0 fully saturated rings. The molecule has 0 spiro atoms. The van der Waals surface area contributed by atoms with E-state index in [1.807, 2.05) is 0 Å². The molecule has 3 rings (SSSR count). The van der Waals surface area contributed by atoms with E-state index in [9.17, 15) is 4.79 Å². The van der Waals surface area contributed by atoms with Gasteiger partial charge >= 0.3 is 0 Å². The Morgan fingerprint density at radius 1 is 1.05 bits per heavy atom. The van der Waals surface area contributed by atoms with Crippen LogP contribution in [0.1, 0.15) is 10.4 Å². The molecule has 0 aliphatic heterocycles. The van der Waals surface area contributed by atoms with Crippen molar-refractivity contribution in [1.82, 2.24) is 25.4 Å². The number of nitrogens with one attached hydrogen (secondary N) is 3. The first-order chi connectivity index (χ1) is 9.34. The summed E-state index contributed by atoms with van der Waals surface area (Å²) < 4.78 is 0. The molecule has 0 aliphatic rings. The quantitative estimate of drug-likeness (QED) is 0.658. The van der Waals surface area contributed by atoms with Crippen molar-refractivity contribution >= 4 is 11.6 Å². The van der Waals surface area contributed by atoms with Gasteiger partial charge in [-0.3, -0.25) is 20.0 Å². The highest BCUT2D eigenvalue weighted by Gasteiger charge is 2.12. The zero-order chi connectivity index (χ0) is 13.1. The van der Waals surface area contributed by atoms with E-state index >= 15 is 0 Å². The van der Waals surface area contributed by atoms with Crippen molar-refractivity contribution < 1.29 is 4.79 Å². The Labute approximate surface area is 108 Å². The maximum atomic E-state index is 12.0. The fraction of sp³-hybridized carbons (Fsp3) is 0. The van der Waals surface area contributed by atoms with Gasteiger partial charge in [0.05, 0.1) is 17.6 Å². The molecule has 0 radical (unpaired) electrons. The molecule has 1 amide bonds. The summed E-state index contributed by atoms with van der Waals surface area (Å²) in [6, 6.07) is 5.08. The van der Waals surface area contributed by atoms with E-state index in [4.69, 9.17) is 0 Å². The lowest BCUT2D eigenvalue weighted by molar-refractivity contribution is 0.102. The second kappa shape index (κ2) is 4.73. The van der Waals surface area contributed by atoms with E-state index in [-0.39, 0.29) is 5.91 Å². The van der Waals surface area contributed by atoms with Crippen LogP contribution in [0.25, 0.3) is 11.4 Å². The molecule has 3 aromatic rings. The van der Waals surface area contributed by atoms with Gasteiger partial charge < -0.3 is 5.32 Å². The normalized spacial score (nSPS) is 10.3. The Morgan fingerprint density at radius 3 is 2.63 bits per heavy atom. The Bertz CT molecular complexity index is 673. The van der Waals surface area contributed by atoms with Gasteiger partial charge in [0, 0.05) is 24.2 Å². The van der Waals surface area contributed by atoms with Gasteiger partial charge in [0.15, 0.2) is 0 Å². The Morgan fingerprint density at radius 2 is 1.89 bits per heavy atom. The molecule has 0 aromatic carbocycles. The highest BCUT2D eigenvalue weighted by molar-refractivity contribution is 6.05. The van der Waals surface area contributed by atoms with Crippen LogP contribution in [0.5, 0.6) is 0 Å². The van der Waals surface area contributed by atoms with Gasteiger partial charge in [0.25, 0.3) is 5.91 Å². The number of carbonyl (C=O) groups excluding carboxylic acids is 1. The third-order valence-corrected chi connectivity index (χ3v) is 2.60. The number of aromatic nitrogens is 5. The van der Waals surface area contributed by atoms with Crippen LogP contribution in [-0.2, 0) is 0 Å². The van der Waals surface area contributed by atoms with E-state index in [0.717, 1.165) is 5.69 Å². The summed E-state index contributed by atoms with van der Waals surface area (Å²) >= 11 is 0. The third kappa shape index (κ3) is 2.21.